The van der Waals surface area contributed by atoms with Crippen LogP contribution in [0.1, 0.15) is 50.0 Å². The Morgan fingerprint density at radius 1 is 1.21 bits per heavy atom. The van der Waals surface area contributed by atoms with Gasteiger partial charge in [-0.05, 0) is 49.3 Å². The van der Waals surface area contributed by atoms with Crippen LogP contribution in [0, 0.1) is 5.82 Å². The number of halogens is 1. The molecule has 3 aliphatic rings. The van der Waals surface area contributed by atoms with Crippen molar-refractivity contribution >= 4 is 6.03 Å². The molecular weight excluding hydrogens is 373 g/mol. The van der Waals surface area contributed by atoms with E-state index in [4.69, 9.17) is 4.74 Å². The zero-order chi connectivity index (χ0) is 20.6. The molecule has 2 aliphatic heterocycles. The highest BCUT2D eigenvalue weighted by molar-refractivity contribution is 5.78. The van der Waals surface area contributed by atoms with Gasteiger partial charge in [-0.2, -0.15) is 0 Å². The largest absolute Gasteiger partial charge is 0.388 e. The SMILES string of the molecule is CN(C)N1C(=O)N(CC2(O)CCOCC2)CC12CCC(c1cccc(F)c1)CC2. The molecule has 1 saturated carbocycles. The lowest BCUT2D eigenvalue weighted by molar-refractivity contribution is -0.0737. The molecule has 7 heteroatoms. The molecule has 1 aromatic rings. The number of hydrazine groups is 1. The Balaban J connectivity index is 1.49. The van der Waals surface area contributed by atoms with Gasteiger partial charge in [0.1, 0.15) is 5.82 Å². The molecule has 1 N–H and O–H groups in total. The average molecular weight is 406 g/mol. The summed E-state index contributed by atoms with van der Waals surface area (Å²) in [5.74, 6) is 0.133. The van der Waals surface area contributed by atoms with Gasteiger partial charge in [0.2, 0.25) is 0 Å². The number of β-amino-alcohol motifs (C(OH)–C–C–N with tert-alkyl or cyclic N) is 1. The second-order valence-electron chi connectivity index (χ2n) is 9.19. The van der Waals surface area contributed by atoms with E-state index in [0.717, 1.165) is 31.2 Å². The number of hydrogen-bond acceptors (Lipinski definition) is 4. The van der Waals surface area contributed by atoms with Gasteiger partial charge in [-0.1, -0.05) is 12.1 Å². The van der Waals surface area contributed by atoms with E-state index in [9.17, 15) is 14.3 Å². The minimum Gasteiger partial charge on any atom is -0.388 e. The van der Waals surface area contributed by atoms with Crippen LogP contribution in [0.2, 0.25) is 0 Å². The van der Waals surface area contributed by atoms with Gasteiger partial charge in [0.25, 0.3) is 0 Å². The lowest BCUT2D eigenvalue weighted by atomic mass is 9.74. The summed E-state index contributed by atoms with van der Waals surface area (Å²) in [7, 11) is 3.82. The lowest BCUT2D eigenvalue weighted by Gasteiger charge is -2.44. The fraction of sp³-hybridized carbons (Fsp3) is 0.682. The Morgan fingerprint density at radius 3 is 2.52 bits per heavy atom. The number of hydrogen-bond donors (Lipinski definition) is 1. The zero-order valence-corrected chi connectivity index (χ0v) is 17.4. The Bertz CT molecular complexity index is 743. The van der Waals surface area contributed by atoms with Crippen LogP contribution >= 0.6 is 0 Å². The van der Waals surface area contributed by atoms with Gasteiger partial charge < -0.3 is 14.7 Å². The number of nitrogens with zero attached hydrogens (tertiary/aromatic N) is 3. The highest BCUT2D eigenvalue weighted by Gasteiger charge is 2.53. The van der Waals surface area contributed by atoms with Gasteiger partial charge >= 0.3 is 6.03 Å². The molecule has 3 fully saturated rings. The number of benzene rings is 1. The van der Waals surface area contributed by atoms with Crippen molar-refractivity contribution in [3.63, 3.8) is 0 Å². The van der Waals surface area contributed by atoms with Crippen molar-refractivity contribution in [2.24, 2.45) is 0 Å². The molecule has 1 aromatic carbocycles. The number of urea groups is 1. The lowest BCUT2D eigenvalue weighted by Crippen LogP contribution is -2.55. The summed E-state index contributed by atoms with van der Waals surface area (Å²) < 4.78 is 19.0. The van der Waals surface area contributed by atoms with Crippen molar-refractivity contribution in [1.29, 1.82) is 0 Å². The maximum atomic E-state index is 13.6. The van der Waals surface area contributed by atoms with E-state index in [1.807, 2.05) is 35.1 Å². The topological polar surface area (TPSA) is 56.2 Å². The summed E-state index contributed by atoms with van der Waals surface area (Å²) in [5.41, 5.74) is -0.0729. The Morgan fingerprint density at radius 2 is 1.90 bits per heavy atom. The maximum absolute atomic E-state index is 13.6. The van der Waals surface area contributed by atoms with E-state index < -0.39 is 5.60 Å². The van der Waals surface area contributed by atoms with Gasteiger partial charge in [0.05, 0.1) is 17.7 Å². The maximum Gasteiger partial charge on any atom is 0.335 e. The third-order valence-electron chi connectivity index (χ3n) is 6.93. The van der Waals surface area contributed by atoms with Gasteiger partial charge in [0.15, 0.2) is 0 Å². The predicted octanol–water partition coefficient (Wildman–Crippen LogP) is 2.98. The number of carbonyl (C=O) groups excluding carboxylic acids is 1. The molecule has 1 spiro atoms. The van der Waals surface area contributed by atoms with Crippen molar-refractivity contribution in [1.82, 2.24) is 14.9 Å². The highest BCUT2D eigenvalue weighted by atomic mass is 19.1. The quantitative estimate of drug-likeness (QED) is 0.837. The van der Waals surface area contributed by atoms with Crippen LogP contribution in [0.15, 0.2) is 24.3 Å². The van der Waals surface area contributed by atoms with E-state index >= 15 is 0 Å². The summed E-state index contributed by atoms with van der Waals surface area (Å²) in [6.45, 7) is 2.06. The first-order valence-electron chi connectivity index (χ1n) is 10.6. The second-order valence-corrected chi connectivity index (χ2v) is 9.19. The van der Waals surface area contributed by atoms with Gasteiger partial charge in [-0.25, -0.2) is 19.2 Å². The number of ether oxygens (including phenoxy) is 1. The molecule has 1 aliphatic carbocycles. The Hall–Kier alpha value is -1.70. The van der Waals surface area contributed by atoms with E-state index in [1.54, 1.807) is 12.1 Å². The van der Waals surface area contributed by atoms with Crippen molar-refractivity contribution in [3.05, 3.63) is 35.6 Å². The van der Waals surface area contributed by atoms with E-state index in [2.05, 4.69) is 0 Å². The second kappa shape index (κ2) is 7.85. The average Bonchev–Trinajstić information content (AvgIpc) is 2.93. The Labute approximate surface area is 172 Å². The highest BCUT2D eigenvalue weighted by Crippen LogP contribution is 2.45. The first kappa shape index (κ1) is 20.6. The van der Waals surface area contributed by atoms with Crippen LogP contribution in [0.4, 0.5) is 9.18 Å². The monoisotopic (exact) mass is 405 g/mol. The number of aliphatic hydroxyl groups is 1. The predicted molar refractivity (Wildman–Crippen MR) is 108 cm³/mol. The van der Waals surface area contributed by atoms with E-state index in [0.29, 0.717) is 45.1 Å². The first-order valence-corrected chi connectivity index (χ1v) is 10.6. The summed E-state index contributed by atoms with van der Waals surface area (Å²) in [5, 5.41) is 14.7. The Kier molecular flexibility index (Phi) is 5.57. The van der Waals surface area contributed by atoms with Crippen LogP contribution < -0.4 is 0 Å². The van der Waals surface area contributed by atoms with Crippen LogP contribution in [0.3, 0.4) is 0 Å². The minimum absolute atomic E-state index is 0.0286. The summed E-state index contributed by atoms with van der Waals surface area (Å²) in [4.78, 5) is 15.1. The number of rotatable bonds is 4. The van der Waals surface area contributed by atoms with Gasteiger partial charge in [-0.15, -0.1) is 0 Å². The molecule has 0 atom stereocenters. The first-order chi connectivity index (χ1) is 13.8. The zero-order valence-electron chi connectivity index (χ0n) is 17.4. The summed E-state index contributed by atoms with van der Waals surface area (Å²) >= 11 is 0. The molecule has 160 valence electrons. The molecule has 2 saturated heterocycles. The smallest absolute Gasteiger partial charge is 0.335 e. The molecule has 2 amide bonds. The fourth-order valence-electron chi connectivity index (χ4n) is 5.43. The van der Waals surface area contributed by atoms with Crippen LogP contribution in [-0.4, -0.2) is 77.6 Å². The summed E-state index contributed by atoms with van der Waals surface area (Å²) in [6.07, 6.45) is 4.72. The van der Waals surface area contributed by atoms with Crippen molar-refractivity contribution in [2.75, 3.05) is 40.4 Å². The molecule has 0 bridgehead atoms. The van der Waals surface area contributed by atoms with Gasteiger partial charge in [-0.3, -0.25) is 0 Å². The number of amides is 2. The molecule has 4 rings (SSSR count). The molecule has 0 unspecified atom stereocenters. The van der Waals surface area contributed by atoms with Crippen LogP contribution in [-0.2, 0) is 4.74 Å². The standard InChI is InChI=1S/C22H32FN3O3/c1-24(2)26-20(27)25(16-22(28)10-12-29-13-11-22)15-21(26)8-6-17(7-9-21)18-4-3-5-19(23)14-18/h3-5,14,17,28H,6-13,15-16H2,1-2H3. The normalized spacial score (nSPS) is 29.8. The molecule has 29 heavy (non-hydrogen) atoms. The van der Waals surface area contributed by atoms with Crippen molar-refractivity contribution in [2.45, 2.75) is 55.6 Å². The fourth-order valence-corrected chi connectivity index (χ4v) is 5.43. The summed E-state index contributed by atoms with van der Waals surface area (Å²) in [6, 6.07) is 6.87. The van der Waals surface area contributed by atoms with Gasteiger partial charge in [0, 0.05) is 46.7 Å². The molecule has 6 nitrogen and oxygen atoms in total. The molecule has 0 aromatic heterocycles. The molecule has 2 heterocycles. The van der Waals surface area contributed by atoms with Crippen molar-refractivity contribution < 1.29 is 19.0 Å². The third kappa shape index (κ3) is 4.00. The molecule has 0 radical (unpaired) electrons. The van der Waals surface area contributed by atoms with Crippen molar-refractivity contribution in [3.8, 4) is 0 Å². The van der Waals surface area contributed by atoms with Crippen LogP contribution in [0.25, 0.3) is 0 Å². The minimum atomic E-state index is -0.865. The van der Waals surface area contributed by atoms with E-state index in [-0.39, 0.29) is 17.4 Å². The number of carbonyl (C=O) groups is 1. The van der Waals surface area contributed by atoms with Crippen LogP contribution in [0.5, 0.6) is 0 Å². The van der Waals surface area contributed by atoms with E-state index in [1.165, 1.54) is 6.07 Å². The molecular formula is C22H32FN3O3. The third-order valence-corrected chi connectivity index (χ3v) is 6.93.